The summed E-state index contributed by atoms with van der Waals surface area (Å²) in [6, 6.07) is 10.1. The number of pyridine rings is 1. The van der Waals surface area contributed by atoms with E-state index in [1.807, 2.05) is 23.1 Å². The number of hydrogen-bond donors (Lipinski definition) is 0. The summed E-state index contributed by atoms with van der Waals surface area (Å²) in [6.45, 7) is 8.06. The van der Waals surface area contributed by atoms with E-state index in [-0.39, 0.29) is 18.8 Å². The molecule has 1 amide bonds. The Morgan fingerprint density at radius 1 is 1.06 bits per heavy atom. The molecule has 2 fully saturated rings. The third-order valence-corrected chi connectivity index (χ3v) is 7.24. The van der Waals surface area contributed by atoms with Crippen molar-refractivity contribution in [2.24, 2.45) is 11.8 Å². The Balaban J connectivity index is 1.22. The summed E-state index contributed by atoms with van der Waals surface area (Å²) in [5.74, 6) is 2.70. The number of ether oxygens (including phenoxy) is 4. The number of hydrogen-bond acceptors (Lipinski definition) is 7. The molecular formula is C28H37N3O5. The fraction of sp³-hybridized carbons (Fsp3) is 0.571. The predicted octanol–water partition coefficient (Wildman–Crippen LogP) is 3.15. The maximum Gasteiger partial charge on any atom is 0.236 e. The smallest absolute Gasteiger partial charge is 0.236 e. The molecule has 8 nitrogen and oxygen atoms in total. The molecule has 2 unspecified atom stereocenters. The lowest BCUT2D eigenvalue weighted by atomic mass is 9.99. The highest BCUT2D eigenvalue weighted by Crippen LogP contribution is 2.33. The Morgan fingerprint density at radius 3 is 2.69 bits per heavy atom. The van der Waals surface area contributed by atoms with Crippen LogP contribution in [-0.4, -0.2) is 79.5 Å². The second kappa shape index (κ2) is 12.0. The maximum absolute atomic E-state index is 13.3. The van der Waals surface area contributed by atoms with Gasteiger partial charge in [0.15, 0.2) is 11.5 Å². The van der Waals surface area contributed by atoms with Crippen LogP contribution in [0, 0.1) is 11.8 Å². The number of aromatic nitrogens is 1. The highest BCUT2D eigenvalue weighted by atomic mass is 16.7. The number of carbonyl (C=O) groups excluding carboxylic acids is 1. The van der Waals surface area contributed by atoms with Gasteiger partial charge >= 0.3 is 0 Å². The lowest BCUT2D eigenvalue weighted by Gasteiger charge is -2.30. The summed E-state index contributed by atoms with van der Waals surface area (Å²) in [5.41, 5.74) is 2.32. The minimum atomic E-state index is -0.0396. The standard InChI is InChI=1S/C28H37N3O5/c1-21(12-24-2-3-26-27(13-24)36-20-35-26)14-30-16-25(34-19-23-4-8-29-9-5-23)17-31(28(32)18-30)15-22-6-10-33-11-7-22/h2-5,8-9,13,21-22,25H,6-7,10-12,14-20H2,1H3. The van der Waals surface area contributed by atoms with Crippen LogP contribution < -0.4 is 9.47 Å². The first-order valence-corrected chi connectivity index (χ1v) is 13.1. The average molecular weight is 496 g/mol. The third-order valence-electron chi connectivity index (χ3n) is 7.24. The number of rotatable bonds is 9. The largest absolute Gasteiger partial charge is 0.454 e. The molecule has 3 aliphatic heterocycles. The first-order chi connectivity index (χ1) is 17.6. The van der Waals surface area contributed by atoms with Gasteiger partial charge in [-0.25, -0.2) is 0 Å². The molecule has 1 aromatic carbocycles. The number of benzene rings is 1. The van der Waals surface area contributed by atoms with Crippen LogP contribution in [0.1, 0.15) is 30.9 Å². The van der Waals surface area contributed by atoms with Crippen molar-refractivity contribution in [3.8, 4) is 11.5 Å². The summed E-state index contributed by atoms with van der Waals surface area (Å²) < 4.78 is 22.9. The van der Waals surface area contributed by atoms with E-state index in [1.54, 1.807) is 12.4 Å². The molecule has 194 valence electrons. The van der Waals surface area contributed by atoms with Crippen LogP contribution in [0.15, 0.2) is 42.7 Å². The molecule has 5 rings (SSSR count). The van der Waals surface area contributed by atoms with Gasteiger partial charge in [-0.15, -0.1) is 0 Å². The van der Waals surface area contributed by atoms with Gasteiger partial charge in [-0.3, -0.25) is 14.7 Å². The molecule has 1 aromatic heterocycles. The first kappa shape index (κ1) is 25.0. The van der Waals surface area contributed by atoms with Crippen LogP contribution in [0.4, 0.5) is 0 Å². The Bertz CT molecular complexity index is 998. The molecule has 0 aliphatic carbocycles. The second-order valence-corrected chi connectivity index (χ2v) is 10.3. The fourth-order valence-corrected chi connectivity index (χ4v) is 5.38. The Morgan fingerprint density at radius 2 is 1.86 bits per heavy atom. The zero-order valence-electron chi connectivity index (χ0n) is 21.1. The Hall–Kier alpha value is -2.68. The number of fused-ring (bicyclic) bond motifs is 1. The summed E-state index contributed by atoms with van der Waals surface area (Å²) in [4.78, 5) is 21.8. The van der Waals surface area contributed by atoms with Crippen molar-refractivity contribution in [3.63, 3.8) is 0 Å². The molecule has 4 heterocycles. The van der Waals surface area contributed by atoms with Crippen molar-refractivity contribution < 1.29 is 23.7 Å². The molecule has 0 radical (unpaired) electrons. The van der Waals surface area contributed by atoms with Crippen LogP contribution in [0.5, 0.6) is 11.5 Å². The fourth-order valence-electron chi connectivity index (χ4n) is 5.38. The normalized spacial score (nSPS) is 22.0. The van der Waals surface area contributed by atoms with Gasteiger partial charge in [0.25, 0.3) is 0 Å². The van der Waals surface area contributed by atoms with Crippen LogP contribution >= 0.6 is 0 Å². The molecule has 0 spiro atoms. The summed E-state index contributed by atoms with van der Waals surface area (Å²) in [5, 5.41) is 0. The van der Waals surface area contributed by atoms with Gasteiger partial charge in [-0.1, -0.05) is 13.0 Å². The van der Waals surface area contributed by atoms with Gasteiger partial charge in [0.1, 0.15) is 0 Å². The van der Waals surface area contributed by atoms with Gasteiger partial charge in [0, 0.05) is 51.8 Å². The van der Waals surface area contributed by atoms with Crippen molar-refractivity contribution >= 4 is 5.91 Å². The molecule has 0 bridgehead atoms. The highest BCUT2D eigenvalue weighted by molar-refractivity contribution is 5.78. The Kier molecular flexibility index (Phi) is 8.36. The molecule has 2 aromatic rings. The molecule has 8 heteroatoms. The lowest BCUT2D eigenvalue weighted by molar-refractivity contribution is -0.133. The van der Waals surface area contributed by atoms with E-state index < -0.39 is 0 Å². The Labute approximate surface area is 213 Å². The average Bonchev–Trinajstić information content (AvgIpc) is 3.30. The topological polar surface area (TPSA) is 73.4 Å². The number of nitrogens with zero attached hydrogens (tertiary/aromatic N) is 3. The minimum Gasteiger partial charge on any atom is -0.454 e. The monoisotopic (exact) mass is 495 g/mol. The van der Waals surface area contributed by atoms with E-state index in [2.05, 4.69) is 28.9 Å². The van der Waals surface area contributed by atoms with E-state index in [1.165, 1.54) is 5.56 Å². The molecule has 36 heavy (non-hydrogen) atoms. The minimum absolute atomic E-state index is 0.0396. The van der Waals surface area contributed by atoms with Crippen LogP contribution in [-0.2, 0) is 27.3 Å². The molecule has 2 saturated heterocycles. The van der Waals surface area contributed by atoms with Crippen molar-refractivity contribution in [2.75, 3.05) is 52.7 Å². The van der Waals surface area contributed by atoms with Gasteiger partial charge in [0.2, 0.25) is 12.7 Å². The van der Waals surface area contributed by atoms with Crippen LogP contribution in [0.25, 0.3) is 0 Å². The first-order valence-electron chi connectivity index (χ1n) is 13.1. The van der Waals surface area contributed by atoms with Crippen molar-refractivity contribution in [2.45, 2.75) is 38.9 Å². The maximum atomic E-state index is 13.3. The van der Waals surface area contributed by atoms with Crippen molar-refractivity contribution in [1.29, 1.82) is 0 Å². The number of carbonyl (C=O) groups is 1. The van der Waals surface area contributed by atoms with Gasteiger partial charge < -0.3 is 23.8 Å². The number of amides is 1. The second-order valence-electron chi connectivity index (χ2n) is 10.3. The zero-order chi connectivity index (χ0) is 24.7. The SMILES string of the molecule is CC(Cc1ccc2c(c1)OCO2)CN1CC(=O)N(CC2CCOCC2)CC(OCc2ccncc2)C1. The van der Waals surface area contributed by atoms with Crippen LogP contribution in [0.3, 0.4) is 0 Å². The molecular weight excluding hydrogens is 458 g/mol. The zero-order valence-corrected chi connectivity index (χ0v) is 21.1. The molecule has 3 aliphatic rings. The quantitative estimate of drug-likeness (QED) is 0.529. The van der Waals surface area contributed by atoms with E-state index in [4.69, 9.17) is 18.9 Å². The molecule has 0 saturated carbocycles. The summed E-state index contributed by atoms with van der Waals surface area (Å²) in [7, 11) is 0. The molecule has 2 atom stereocenters. The summed E-state index contributed by atoms with van der Waals surface area (Å²) >= 11 is 0. The third kappa shape index (κ3) is 6.75. The lowest BCUT2D eigenvalue weighted by Crippen LogP contribution is -2.42. The van der Waals surface area contributed by atoms with E-state index in [0.29, 0.717) is 31.5 Å². The van der Waals surface area contributed by atoms with E-state index in [0.717, 1.165) is 69.2 Å². The highest BCUT2D eigenvalue weighted by Gasteiger charge is 2.31. The molecule has 0 N–H and O–H groups in total. The van der Waals surface area contributed by atoms with Gasteiger partial charge in [-0.2, -0.15) is 0 Å². The van der Waals surface area contributed by atoms with Crippen LogP contribution in [0.2, 0.25) is 0 Å². The predicted molar refractivity (Wildman–Crippen MR) is 135 cm³/mol. The van der Waals surface area contributed by atoms with Crippen molar-refractivity contribution in [3.05, 3.63) is 53.9 Å². The van der Waals surface area contributed by atoms with Gasteiger partial charge in [0.05, 0.1) is 19.3 Å². The van der Waals surface area contributed by atoms with E-state index >= 15 is 0 Å². The summed E-state index contributed by atoms with van der Waals surface area (Å²) in [6.07, 6.45) is 6.48. The van der Waals surface area contributed by atoms with E-state index in [9.17, 15) is 4.79 Å². The van der Waals surface area contributed by atoms with Crippen molar-refractivity contribution in [1.82, 2.24) is 14.8 Å². The van der Waals surface area contributed by atoms with Gasteiger partial charge in [-0.05, 0) is 66.5 Å².